The molecule has 0 aliphatic rings. The first-order valence-electron chi connectivity index (χ1n) is 17.3. The van der Waals surface area contributed by atoms with Crippen LogP contribution >= 0.6 is 0 Å². The molecule has 0 N–H and O–H groups in total. The zero-order valence-electron chi connectivity index (χ0n) is 27.8. The number of rotatable bonds is 4. The summed E-state index contributed by atoms with van der Waals surface area (Å²) in [6.45, 7) is 2.18. The molecule has 0 unspecified atom stereocenters. The molecule has 11 rings (SSSR count). The van der Waals surface area contributed by atoms with E-state index in [0.717, 1.165) is 49.9 Å². The Labute approximate surface area is 293 Å². The third kappa shape index (κ3) is 4.08. The highest BCUT2D eigenvalue weighted by molar-refractivity contribution is 6.26. The van der Waals surface area contributed by atoms with Gasteiger partial charge in [-0.2, -0.15) is 0 Å². The van der Waals surface area contributed by atoms with Gasteiger partial charge in [0.2, 0.25) is 0 Å². The minimum atomic E-state index is 0.759. The summed E-state index contributed by atoms with van der Waals surface area (Å²) in [5.41, 5.74) is 10.3. The molecule has 4 nitrogen and oxygen atoms in total. The first-order valence-corrected chi connectivity index (χ1v) is 17.3. The SMILES string of the molecule is Cc1ccccc1-c1ccc2c(c1)c1cccc3c4c(-c5cccc(Oc6ccc7c8ccccc8c8cccnc8c7c6)c5)nccc4n2c13. The largest absolute Gasteiger partial charge is 0.457 e. The van der Waals surface area contributed by atoms with Gasteiger partial charge in [-0.3, -0.25) is 9.97 Å². The van der Waals surface area contributed by atoms with Crippen LogP contribution < -0.4 is 4.74 Å². The molecule has 238 valence electrons. The Morgan fingerprint density at radius 2 is 1.24 bits per heavy atom. The van der Waals surface area contributed by atoms with E-state index in [1.165, 1.54) is 60.0 Å². The molecular weight excluding hydrogens is 623 g/mol. The molecule has 0 bridgehead atoms. The maximum atomic E-state index is 6.59. The van der Waals surface area contributed by atoms with Crippen molar-refractivity contribution < 1.29 is 4.74 Å². The summed E-state index contributed by atoms with van der Waals surface area (Å²) >= 11 is 0. The number of aromatic nitrogens is 3. The van der Waals surface area contributed by atoms with Crippen molar-refractivity contribution in [1.29, 1.82) is 0 Å². The van der Waals surface area contributed by atoms with E-state index in [1.807, 2.05) is 24.5 Å². The number of para-hydroxylation sites is 1. The molecule has 0 saturated heterocycles. The van der Waals surface area contributed by atoms with Gasteiger partial charge in [0.05, 0.1) is 27.8 Å². The standard InChI is InChI=1S/C47H29N3O/c1-28-9-2-3-12-33(28)29-18-21-42-40(26-29)38-15-7-16-39-44-43(50(42)47(38)39)22-24-49-45(44)30-10-6-11-31(25-30)51-32-19-20-36-34-13-4-5-14-35(34)37-17-8-23-48-46(37)41(36)27-32/h2-27H,1H3. The first kappa shape index (κ1) is 28.1. The fraction of sp³-hybridized carbons (Fsp3) is 0.0213. The number of ether oxygens (including phenoxy) is 1. The lowest BCUT2D eigenvalue weighted by atomic mass is 9.97. The Kier molecular flexibility index (Phi) is 5.84. The number of hydrogen-bond donors (Lipinski definition) is 0. The van der Waals surface area contributed by atoms with E-state index >= 15 is 0 Å². The van der Waals surface area contributed by atoms with E-state index in [9.17, 15) is 0 Å². The monoisotopic (exact) mass is 651 g/mol. The van der Waals surface area contributed by atoms with Crippen LogP contribution in [0, 0.1) is 6.92 Å². The molecule has 4 heterocycles. The second-order valence-electron chi connectivity index (χ2n) is 13.4. The van der Waals surface area contributed by atoms with E-state index < -0.39 is 0 Å². The highest BCUT2D eigenvalue weighted by Gasteiger charge is 2.21. The van der Waals surface area contributed by atoms with Crippen molar-refractivity contribution in [3.05, 3.63) is 164 Å². The molecule has 0 spiro atoms. The Bertz CT molecular complexity index is 3160. The Hall–Kier alpha value is -6.78. The molecule has 7 aromatic carbocycles. The highest BCUT2D eigenvalue weighted by Crippen LogP contribution is 2.44. The van der Waals surface area contributed by atoms with Gasteiger partial charge in [-0.1, -0.05) is 91.0 Å². The van der Waals surface area contributed by atoms with Gasteiger partial charge in [0.25, 0.3) is 0 Å². The van der Waals surface area contributed by atoms with Crippen molar-refractivity contribution in [2.75, 3.05) is 0 Å². The molecular formula is C47H29N3O. The van der Waals surface area contributed by atoms with Gasteiger partial charge in [0, 0.05) is 50.3 Å². The number of nitrogens with zero attached hydrogens (tertiary/aromatic N) is 3. The van der Waals surface area contributed by atoms with Crippen molar-refractivity contribution >= 4 is 70.5 Å². The van der Waals surface area contributed by atoms with Crippen molar-refractivity contribution in [3.8, 4) is 33.9 Å². The van der Waals surface area contributed by atoms with E-state index in [2.05, 4.69) is 145 Å². The van der Waals surface area contributed by atoms with Crippen LogP contribution in [0.2, 0.25) is 0 Å². The van der Waals surface area contributed by atoms with Gasteiger partial charge in [-0.25, -0.2) is 0 Å². The molecule has 11 aromatic rings. The smallest absolute Gasteiger partial charge is 0.128 e. The maximum absolute atomic E-state index is 6.59. The lowest BCUT2D eigenvalue weighted by Gasteiger charge is -2.12. The molecule has 0 saturated carbocycles. The van der Waals surface area contributed by atoms with E-state index in [0.29, 0.717) is 0 Å². The molecule has 0 atom stereocenters. The van der Waals surface area contributed by atoms with Gasteiger partial charge < -0.3 is 9.14 Å². The van der Waals surface area contributed by atoms with Gasteiger partial charge in [-0.15, -0.1) is 0 Å². The number of fused-ring (bicyclic) bond motifs is 12. The quantitative estimate of drug-likeness (QED) is 0.178. The molecule has 0 aliphatic carbocycles. The fourth-order valence-corrected chi connectivity index (χ4v) is 8.36. The van der Waals surface area contributed by atoms with E-state index in [4.69, 9.17) is 14.7 Å². The van der Waals surface area contributed by atoms with Gasteiger partial charge >= 0.3 is 0 Å². The van der Waals surface area contributed by atoms with Crippen LogP contribution in [0.5, 0.6) is 11.5 Å². The topological polar surface area (TPSA) is 39.4 Å². The minimum absolute atomic E-state index is 0.759. The van der Waals surface area contributed by atoms with Crippen LogP contribution in [0.1, 0.15) is 5.56 Å². The highest BCUT2D eigenvalue weighted by atomic mass is 16.5. The van der Waals surface area contributed by atoms with Crippen LogP contribution in [0.3, 0.4) is 0 Å². The zero-order valence-corrected chi connectivity index (χ0v) is 27.8. The van der Waals surface area contributed by atoms with Crippen LogP contribution in [0.25, 0.3) is 92.9 Å². The van der Waals surface area contributed by atoms with Crippen molar-refractivity contribution in [2.45, 2.75) is 6.92 Å². The number of pyridine rings is 2. The summed E-state index contributed by atoms with van der Waals surface area (Å²) in [6.07, 6.45) is 3.79. The number of hydrogen-bond acceptors (Lipinski definition) is 3. The van der Waals surface area contributed by atoms with Crippen LogP contribution in [-0.2, 0) is 0 Å². The lowest BCUT2D eigenvalue weighted by molar-refractivity contribution is 0.483. The zero-order chi connectivity index (χ0) is 33.6. The summed E-state index contributed by atoms with van der Waals surface area (Å²) in [7, 11) is 0. The van der Waals surface area contributed by atoms with Crippen molar-refractivity contribution in [2.24, 2.45) is 0 Å². The fourth-order valence-electron chi connectivity index (χ4n) is 8.36. The predicted octanol–water partition coefficient (Wildman–Crippen LogP) is 12.5. The summed E-state index contributed by atoms with van der Waals surface area (Å²) in [5, 5.41) is 10.7. The summed E-state index contributed by atoms with van der Waals surface area (Å²) in [4.78, 5) is 9.79. The molecule has 0 amide bonds. The molecule has 51 heavy (non-hydrogen) atoms. The van der Waals surface area contributed by atoms with Crippen LogP contribution in [-0.4, -0.2) is 14.4 Å². The lowest BCUT2D eigenvalue weighted by Crippen LogP contribution is -1.90. The van der Waals surface area contributed by atoms with Crippen LogP contribution in [0.4, 0.5) is 0 Å². The summed E-state index contributed by atoms with van der Waals surface area (Å²) in [6, 6.07) is 51.6. The predicted molar refractivity (Wildman–Crippen MR) is 211 cm³/mol. The second-order valence-corrected chi connectivity index (χ2v) is 13.4. The van der Waals surface area contributed by atoms with E-state index in [1.54, 1.807) is 0 Å². The van der Waals surface area contributed by atoms with Crippen molar-refractivity contribution in [1.82, 2.24) is 14.4 Å². The molecule has 0 aliphatic heterocycles. The van der Waals surface area contributed by atoms with E-state index in [-0.39, 0.29) is 0 Å². The Morgan fingerprint density at radius 3 is 2.16 bits per heavy atom. The number of benzene rings is 7. The van der Waals surface area contributed by atoms with Crippen LogP contribution in [0.15, 0.2) is 158 Å². The average molecular weight is 652 g/mol. The molecule has 4 heteroatoms. The summed E-state index contributed by atoms with van der Waals surface area (Å²) < 4.78 is 9.00. The van der Waals surface area contributed by atoms with Gasteiger partial charge in [0.1, 0.15) is 11.5 Å². The Morgan fingerprint density at radius 1 is 0.471 bits per heavy atom. The molecule has 4 aromatic heterocycles. The van der Waals surface area contributed by atoms with Gasteiger partial charge in [0.15, 0.2) is 0 Å². The maximum Gasteiger partial charge on any atom is 0.128 e. The Balaban J connectivity index is 1.04. The average Bonchev–Trinajstić information content (AvgIpc) is 3.70. The molecule has 0 radical (unpaired) electrons. The minimum Gasteiger partial charge on any atom is -0.457 e. The first-order chi connectivity index (χ1) is 25.2. The normalized spacial score (nSPS) is 12.0. The van der Waals surface area contributed by atoms with Gasteiger partial charge in [-0.05, 0) is 94.4 Å². The second kappa shape index (κ2) is 10.6. The number of aryl methyl sites for hydroxylation is 1. The molecule has 0 fully saturated rings. The third-order valence-electron chi connectivity index (χ3n) is 10.6. The summed E-state index contributed by atoms with van der Waals surface area (Å²) in [5.74, 6) is 1.53. The van der Waals surface area contributed by atoms with Crippen molar-refractivity contribution in [3.63, 3.8) is 0 Å². The third-order valence-corrected chi connectivity index (χ3v) is 10.6.